The van der Waals surface area contributed by atoms with Crippen LogP contribution >= 0.6 is 0 Å². The van der Waals surface area contributed by atoms with Crippen LogP contribution in [0.5, 0.6) is 0 Å². The summed E-state index contributed by atoms with van der Waals surface area (Å²) in [5, 5.41) is 0. The molecule has 0 bridgehead atoms. The molecule has 62 valence electrons. The summed E-state index contributed by atoms with van der Waals surface area (Å²) in [6, 6.07) is 7.86. The summed E-state index contributed by atoms with van der Waals surface area (Å²) < 4.78 is 5.13. The van der Waals surface area contributed by atoms with E-state index in [-0.39, 0.29) is 18.5 Å². The highest BCUT2D eigenvalue weighted by Crippen LogP contribution is 2.26. The van der Waals surface area contributed by atoms with Gasteiger partial charge in [-0.3, -0.25) is 4.79 Å². The van der Waals surface area contributed by atoms with E-state index in [0.29, 0.717) is 0 Å². The molecule has 2 heteroatoms. The molecule has 1 unspecified atom stereocenters. The molecular weight excluding hydrogens is 152 g/mol. The predicted octanol–water partition coefficient (Wildman–Crippen LogP) is 1.64. The summed E-state index contributed by atoms with van der Waals surface area (Å²) in [4.78, 5) is 11.0. The van der Waals surface area contributed by atoms with Gasteiger partial charge in [0.05, 0.1) is 0 Å². The molecule has 12 heavy (non-hydrogen) atoms. The van der Waals surface area contributed by atoms with Crippen molar-refractivity contribution in [2.24, 2.45) is 0 Å². The lowest BCUT2D eigenvalue weighted by atomic mass is 10.0. The summed E-state index contributed by atoms with van der Waals surface area (Å²) in [6.07, 6.45) is -0.287. The lowest BCUT2D eigenvalue weighted by Crippen LogP contribution is -2.32. The number of carbonyl (C=O) groups excluding carboxylic acids is 1. The first kappa shape index (κ1) is 7.50. The van der Waals surface area contributed by atoms with Crippen LogP contribution in [0.15, 0.2) is 24.3 Å². The third-order valence-corrected chi connectivity index (χ3v) is 2.03. The van der Waals surface area contributed by atoms with Crippen LogP contribution in [0.4, 0.5) is 0 Å². The molecule has 2 rings (SSSR count). The summed E-state index contributed by atoms with van der Waals surface area (Å²) in [5.74, 6) is 0.181. The molecule has 1 atom stereocenters. The normalized spacial score (nSPS) is 22.1. The highest BCUT2D eigenvalue weighted by Gasteiger charge is 2.30. The lowest BCUT2D eigenvalue weighted by Gasteiger charge is -2.25. The number of Topliss-reactive ketones (excluding diaryl/α,β-unsaturated/α-hetero) is 1. The van der Waals surface area contributed by atoms with Crippen molar-refractivity contribution in [3.63, 3.8) is 0 Å². The second kappa shape index (κ2) is 2.72. The summed E-state index contributed by atoms with van der Waals surface area (Å²) in [5.41, 5.74) is 2.14. The topological polar surface area (TPSA) is 26.3 Å². The standard InChI is InChI=1S/C10H10O2/c1-7-3-2-4-8(5-7)10-9(11)6-12-10/h2-5,10H,6H2,1H3. The van der Waals surface area contributed by atoms with Gasteiger partial charge in [-0.1, -0.05) is 29.8 Å². The Hall–Kier alpha value is -1.15. The fourth-order valence-electron chi connectivity index (χ4n) is 1.35. The van der Waals surface area contributed by atoms with Gasteiger partial charge in [0.15, 0.2) is 5.78 Å². The molecule has 1 aromatic carbocycles. The second-order valence-corrected chi connectivity index (χ2v) is 3.07. The van der Waals surface area contributed by atoms with Crippen LogP contribution in [0.25, 0.3) is 0 Å². The molecule has 0 spiro atoms. The van der Waals surface area contributed by atoms with Crippen LogP contribution in [0.3, 0.4) is 0 Å². The van der Waals surface area contributed by atoms with Crippen LogP contribution in [0.2, 0.25) is 0 Å². The van der Waals surface area contributed by atoms with Crippen molar-refractivity contribution in [1.82, 2.24) is 0 Å². The van der Waals surface area contributed by atoms with E-state index >= 15 is 0 Å². The van der Waals surface area contributed by atoms with E-state index in [1.807, 2.05) is 31.2 Å². The predicted molar refractivity (Wildman–Crippen MR) is 44.9 cm³/mol. The Bertz CT molecular complexity index is 317. The largest absolute Gasteiger partial charge is 0.358 e. The van der Waals surface area contributed by atoms with Gasteiger partial charge >= 0.3 is 0 Å². The molecule has 1 fully saturated rings. The van der Waals surface area contributed by atoms with Gasteiger partial charge in [0.1, 0.15) is 12.7 Å². The minimum Gasteiger partial charge on any atom is -0.358 e. The van der Waals surface area contributed by atoms with Crippen molar-refractivity contribution in [3.05, 3.63) is 35.4 Å². The minimum atomic E-state index is -0.287. The molecule has 1 aliphatic rings. The number of hydrogen-bond acceptors (Lipinski definition) is 2. The van der Waals surface area contributed by atoms with Crippen LogP contribution in [-0.4, -0.2) is 12.4 Å². The number of ketones is 1. The zero-order chi connectivity index (χ0) is 8.55. The maximum atomic E-state index is 11.0. The lowest BCUT2D eigenvalue weighted by molar-refractivity contribution is -0.155. The second-order valence-electron chi connectivity index (χ2n) is 3.07. The average molecular weight is 162 g/mol. The smallest absolute Gasteiger partial charge is 0.191 e. The van der Waals surface area contributed by atoms with E-state index in [9.17, 15) is 4.79 Å². The third kappa shape index (κ3) is 1.14. The Morgan fingerprint density at radius 1 is 1.50 bits per heavy atom. The van der Waals surface area contributed by atoms with Gasteiger partial charge in [-0.25, -0.2) is 0 Å². The maximum Gasteiger partial charge on any atom is 0.191 e. The molecule has 0 aliphatic carbocycles. The van der Waals surface area contributed by atoms with Crippen molar-refractivity contribution < 1.29 is 9.53 Å². The number of hydrogen-bond donors (Lipinski definition) is 0. The summed E-state index contributed by atoms with van der Waals surface area (Å²) >= 11 is 0. The number of carbonyl (C=O) groups is 1. The molecule has 1 saturated heterocycles. The highest BCUT2D eigenvalue weighted by molar-refractivity contribution is 5.89. The Morgan fingerprint density at radius 3 is 2.83 bits per heavy atom. The number of aryl methyl sites for hydroxylation is 1. The molecule has 0 saturated carbocycles. The van der Waals surface area contributed by atoms with Crippen molar-refractivity contribution in [3.8, 4) is 0 Å². The molecule has 1 heterocycles. The first-order valence-electron chi connectivity index (χ1n) is 3.98. The maximum absolute atomic E-state index is 11.0. The first-order chi connectivity index (χ1) is 5.77. The van der Waals surface area contributed by atoms with E-state index in [1.54, 1.807) is 0 Å². The fraction of sp³-hybridized carbons (Fsp3) is 0.300. The minimum absolute atomic E-state index is 0.181. The summed E-state index contributed by atoms with van der Waals surface area (Å²) in [7, 11) is 0. The van der Waals surface area contributed by atoms with Crippen molar-refractivity contribution in [2.45, 2.75) is 13.0 Å². The number of benzene rings is 1. The summed E-state index contributed by atoms with van der Waals surface area (Å²) in [6.45, 7) is 2.28. The number of rotatable bonds is 1. The van der Waals surface area contributed by atoms with Gasteiger partial charge in [-0.2, -0.15) is 0 Å². The van der Waals surface area contributed by atoms with Crippen molar-refractivity contribution >= 4 is 5.78 Å². The van der Waals surface area contributed by atoms with Gasteiger partial charge in [-0.15, -0.1) is 0 Å². The van der Waals surface area contributed by atoms with E-state index in [4.69, 9.17) is 4.74 Å². The van der Waals surface area contributed by atoms with E-state index in [2.05, 4.69) is 0 Å². The van der Waals surface area contributed by atoms with Crippen molar-refractivity contribution in [2.75, 3.05) is 6.61 Å². The Labute approximate surface area is 71.2 Å². The molecular formula is C10H10O2. The molecule has 0 radical (unpaired) electrons. The zero-order valence-corrected chi connectivity index (χ0v) is 6.91. The number of ether oxygens (including phenoxy) is 1. The molecule has 0 amide bonds. The SMILES string of the molecule is Cc1cccc(C2OCC2=O)c1. The zero-order valence-electron chi connectivity index (χ0n) is 6.91. The molecule has 2 nitrogen and oxygen atoms in total. The van der Waals surface area contributed by atoms with Crippen molar-refractivity contribution in [1.29, 1.82) is 0 Å². The van der Waals surface area contributed by atoms with Gasteiger partial charge in [0.2, 0.25) is 0 Å². The average Bonchev–Trinajstić information content (AvgIpc) is 2.02. The highest BCUT2D eigenvalue weighted by atomic mass is 16.5. The van der Waals surface area contributed by atoms with Crippen LogP contribution in [0, 0.1) is 6.92 Å². The van der Waals surface area contributed by atoms with E-state index in [0.717, 1.165) is 11.1 Å². The van der Waals surface area contributed by atoms with Crippen LogP contribution in [0.1, 0.15) is 17.2 Å². The van der Waals surface area contributed by atoms with Gasteiger partial charge in [-0.05, 0) is 12.5 Å². The molecule has 1 aromatic rings. The molecule has 1 aliphatic heterocycles. The Balaban J connectivity index is 2.28. The third-order valence-electron chi connectivity index (χ3n) is 2.03. The fourth-order valence-corrected chi connectivity index (χ4v) is 1.35. The van der Waals surface area contributed by atoms with Gasteiger partial charge in [0.25, 0.3) is 0 Å². The van der Waals surface area contributed by atoms with E-state index in [1.165, 1.54) is 0 Å². The van der Waals surface area contributed by atoms with Crippen LogP contribution < -0.4 is 0 Å². The van der Waals surface area contributed by atoms with E-state index < -0.39 is 0 Å². The molecule has 0 aromatic heterocycles. The van der Waals surface area contributed by atoms with Crippen LogP contribution in [-0.2, 0) is 9.53 Å². The Morgan fingerprint density at radius 2 is 2.33 bits per heavy atom. The van der Waals surface area contributed by atoms with Gasteiger partial charge < -0.3 is 4.74 Å². The quantitative estimate of drug-likeness (QED) is 0.627. The first-order valence-corrected chi connectivity index (χ1v) is 3.98. The molecule has 0 N–H and O–H groups in total. The Kier molecular flexibility index (Phi) is 1.70. The monoisotopic (exact) mass is 162 g/mol. The van der Waals surface area contributed by atoms with Gasteiger partial charge in [0, 0.05) is 0 Å².